The van der Waals surface area contributed by atoms with Crippen molar-refractivity contribution in [1.29, 1.82) is 0 Å². The summed E-state index contributed by atoms with van der Waals surface area (Å²) in [6, 6.07) is 25.2. The fourth-order valence-corrected chi connectivity index (χ4v) is 4.46. The fourth-order valence-electron chi connectivity index (χ4n) is 3.34. The van der Waals surface area contributed by atoms with E-state index >= 15 is 0 Å². The van der Waals surface area contributed by atoms with Crippen molar-refractivity contribution in [3.8, 4) is 11.5 Å². The van der Waals surface area contributed by atoms with Crippen LogP contribution in [0.3, 0.4) is 0 Å². The third-order valence-electron chi connectivity index (χ3n) is 4.75. The van der Waals surface area contributed by atoms with Crippen LogP contribution >= 0.6 is 11.8 Å². The monoisotopic (exact) mass is 405 g/mol. The number of hydrogen-bond acceptors (Lipinski definition) is 4. The number of thioether (sulfide) groups is 1. The predicted octanol–water partition coefficient (Wildman–Crippen LogP) is 5.11. The smallest absolute Gasteiger partial charge is 0.255 e. The number of fused-ring (bicyclic) bond motifs is 1. The van der Waals surface area contributed by atoms with Crippen molar-refractivity contribution >= 4 is 17.7 Å². The van der Waals surface area contributed by atoms with Gasteiger partial charge in [-0.05, 0) is 42.3 Å². The molecule has 1 atom stereocenters. The average Bonchev–Trinajstić information content (AvgIpc) is 2.78. The molecule has 1 N–H and O–H groups in total. The Morgan fingerprint density at radius 3 is 2.52 bits per heavy atom. The summed E-state index contributed by atoms with van der Waals surface area (Å²) in [6.07, 6.45) is 0.918. The van der Waals surface area contributed by atoms with Crippen molar-refractivity contribution < 1.29 is 14.3 Å². The number of benzene rings is 3. The van der Waals surface area contributed by atoms with Crippen LogP contribution in [0.1, 0.15) is 28.4 Å². The molecule has 1 amide bonds. The van der Waals surface area contributed by atoms with Crippen LogP contribution in [0.15, 0.2) is 83.8 Å². The number of carbonyl (C=O) groups excluding carboxylic acids is 1. The average molecular weight is 406 g/mol. The molecule has 3 aromatic rings. The normalized spacial score (nSPS) is 15.2. The van der Waals surface area contributed by atoms with E-state index in [-0.39, 0.29) is 11.9 Å². The molecule has 1 unspecified atom stereocenters. The Morgan fingerprint density at radius 1 is 0.897 bits per heavy atom. The first kappa shape index (κ1) is 19.4. The van der Waals surface area contributed by atoms with E-state index in [0.29, 0.717) is 24.5 Å². The van der Waals surface area contributed by atoms with Crippen LogP contribution in [-0.4, -0.2) is 24.9 Å². The van der Waals surface area contributed by atoms with Gasteiger partial charge in [0.25, 0.3) is 5.91 Å². The summed E-state index contributed by atoms with van der Waals surface area (Å²) >= 11 is 1.84. The van der Waals surface area contributed by atoms with Gasteiger partial charge in [0, 0.05) is 10.6 Å². The Kier molecular flexibility index (Phi) is 6.37. The van der Waals surface area contributed by atoms with Crippen molar-refractivity contribution in [2.75, 3.05) is 19.0 Å². The maximum absolute atomic E-state index is 13.0. The summed E-state index contributed by atoms with van der Waals surface area (Å²) < 4.78 is 11.5. The second-order valence-corrected chi connectivity index (χ2v) is 7.84. The number of amides is 1. The van der Waals surface area contributed by atoms with Crippen molar-refractivity contribution in [3.05, 3.63) is 90.0 Å². The van der Waals surface area contributed by atoms with Crippen molar-refractivity contribution in [1.82, 2.24) is 5.32 Å². The summed E-state index contributed by atoms with van der Waals surface area (Å²) in [7, 11) is 0. The van der Waals surface area contributed by atoms with Crippen LogP contribution in [-0.2, 0) is 0 Å². The number of para-hydroxylation sites is 2. The zero-order chi connectivity index (χ0) is 19.9. The highest BCUT2D eigenvalue weighted by atomic mass is 32.2. The van der Waals surface area contributed by atoms with Gasteiger partial charge in [-0.15, -0.1) is 11.8 Å². The number of hydrogen-bond donors (Lipinski definition) is 1. The largest absolute Gasteiger partial charge is 0.490 e. The molecule has 0 radical (unpaired) electrons. The lowest BCUT2D eigenvalue weighted by Gasteiger charge is -2.26. The first-order valence-corrected chi connectivity index (χ1v) is 10.7. The van der Waals surface area contributed by atoms with E-state index in [0.717, 1.165) is 17.9 Å². The van der Waals surface area contributed by atoms with Gasteiger partial charge < -0.3 is 14.8 Å². The minimum absolute atomic E-state index is 0.0226. The topological polar surface area (TPSA) is 47.6 Å². The van der Waals surface area contributed by atoms with Gasteiger partial charge in [0.1, 0.15) is 24.7 Å². The van der Waals surface area contributed by atoms with E-state index in [1.165, 1.54) is 10.5 Å². The molecular formula is C24H23NO3S. The van der Waals surface area contributed by atoms with Gasteiger partial charge in [-0.3, -0.25) is 4.79 Å². The molecule has 1 aliphatic heterocycles. The van der Waals surface area contributed by atoms with E-state index in [1.807, 2.05) is 72.4 Å². The molecule has 1 heterocycles. The van der Waals surface area contributed by atoms with E-state index in [1.54, 1.807) is 6.07 Å². The first-order valence-electron chi connectivity index (χ1n) is 9.73. The molecular weight excluding hydrogens is 382 g/mol. The molecule has 3 aromatic carbocycles. The van der Waals surface area contributed by atoms with E-state index in [4.69, 9.17) is 9.47 Å². The summed E-state index contributed by atoms with van der Waals surface area (Å²) in [6.45, 7) is 0.773. The third kappa shape index (κ3) is 4.93. The fraction of sp³-hybridized carbons (Fsp3) is 0.208. The number of ether oxygens (including phenoxy) is 2. The second kappa shape index (κ2) is 9.52. The van der Waals surface area contributed by atoms with Crippen molar-refractivity contribution in [3.63, 3.8) is 0 Å². The quantitative estimate of drug-likeness (QED) is 0.555. The third-order valence-corrected chi connectivity index (χ3v) is 5.87. The van der Waals surface area contributed by atoms with Gasteiger partial charge in [-0.25, -0.2) is 0 Å². The highest BCUT2D eigenvalue weighted by molar-refractivity contribution is 7.99. The lowest BCUT2D eigenvalue weighted by Crippen LogP contribution is -2.31. The lowest BCUT2D eigenvalue weighted by molar-refractivity contribution is 0.0929. The zero-order valence-electron chi connectivity index (χ0n) is 16.0. The molecule has 0 saturated heterocycles. The van der Waals surface area contributed by atoms with Crippen LogP contribution in [0.4, 0.5) is 0 Å². The van der Waals surface area contributed by atoms with Gasteiger partial charge in [-0.1, -0.05) is 48.5 Å². The Morgan fingerprint density at radius 2 is 1.62 bits per heavy atom. The minimum atomic E-state index is -0.115. The second-order valence-electron chi connectivity index (χ2n) is 6.71. The molecule has 0 bridgehead atoms. The van der Waals surface area contributed by atoms with Crippen LogP contribution in [0.2, 0.25) is 0 Å². The van der Waals surface area contributed by atoms with Crippen LogP contribution in [0, 0.1) is 0 Å². The molecule has 1 aliphatic rings. The van der Waals surface area contributed by atoms with Gasteiger partial charge in [0.2, 0.25) is 0 Å². The van der Waals surface area contributed by atoms with E-state index in [9.17, 15) is 4.79 Å². The Labute approximate surface area is 175 Å². The molecule has 4 nitrogen and oxygen atoms in total. The van der Waals surface area contributed by atoms with E-state index < -0.39 is 0 Å². The summed E-state index contributed by atoms with van der Waals surface area (Å²) in [4.78, 5) is 14.2. The van der Waals surface area contributed by atoms with Crippen LogP contribution < -0.4 is 14.8 Å². The summed E-state index contributed by atoms with van der Waals surface area (Å²) in [5.74, 6) is 2.25. The summed E-state index contributed by atoms with van der Waals surface area (Å²) in [5, 5.41) is 3.18. The van der Waals surface area contributed by atoms with E-state index in [2.05, 4.69) is 17.4 Å². The molecule has 148 valence electrons. The Balaban J connectivity index is 1.38. The first-order chi connectivity index (χ1) is 14.3. The minimum Gasteiger partial charge on any atom is -0.490 e. The zero-order valence-corrected chi connectivity index (χ0v) is 16.9. The molecule has 0 fully saturated rings. The van der Waals surface area contributed by atoms with Crippen molar-refractivity contribution in [2.45, 2.75) is 17.4 Å². The van der Waals surface area contributed by atoms with Gasteiger partial charge >= 0.3 is 0 Å². The molecule has 4 rings (SSSR count). The van der Waals surface area contributed by atoms with Gasteiger partial charge in [-0.2, -0.15) is 0 Å². The lowest BCUT2D eigenvalue weighted by atomic mass is 10.0. The van der Waals surface area contributed by atoms with Crippen molar-refractivity contribution in [2.24, 2.45) is 0 Å². The maximum atomic E-state index is 13.0. The number of rotatable bonds is 7. The highest BCUT2D eigenvalue weighted by Crippen LogP contribution is 2.36. The Hall–Kier alpha value is -2.92. The molecule has 0 saturated carbocycles. The van der Waals surface area contributed by atoms with Gasteiger partial charge in [0.15, 0.2) is 0 Å². The maximum Gasteiger partial charge on any atom is 0.255 e. The number of nitrogens with one attached hydrogen (secondary N) is 1. The molecule has 0 aliphatic carbocycles. The SMILES string of the molecule is O=C(NC1CCSc2ccccc21)c1ccccc1OCCOc1ccccc1. The Bertz CT molecular complexity index is 961. The predicted molar refractivity (Wildman–Crippen MR) is 116 cm³/mol. The van der Waals surface area contributed by atoms with Crippen LogP contribution in [0.25, 0.3) is 0 Å². The van der Waals surface area contributed by atoms with Gasteiger partial charge in [0.05, 0.1) is 11.6 Å². The molecule has 0 aromatic heterocycles. The molecule has 0 spiro atoms. The summed E-state index contributed by atoms with van der Waals surface area (Å²) in [5.41, 5.74) is 1.73. The number of carbonyl (C=O) groups is 1. The highest BCUT2D eigenvalue weighted by Gasteiger charge is 2.23. The molecule has 5 heteroatoms. The molecule has 29 heavy (non-hydrogen) atoms. The standard InChI is InChI=1S/C24H23NO3S/c26-24(25-21-14-17-29-23-13-7-5-10-19(21)23)20-11-4-6-12-22(20)28-16-15-27-18-8-2-1-3-9-18/h1-13,21H,14-17H2,(H,25,26). The van der Waals surface area contributed by atoms with Crippen LogP contribution in [0.5, 0.6) is 11.5 Å².